The minimum absolute atomic E-state index is 0.109. The summed E-state index contributed by atoms with van der Waals surface area (Å²) in [6.45, 7) is 8.25. The molecule has 1 N–H and O–H groups in total. The van der Waals surface area contributed by atoms with Gasteiger partial charge in [0.15, 0.2) is 0 Å². The Hall–Kier alpha value is -2.67. The molecule has 22 heavy (non-hydrogen) atoms. The Morgan fingerprint density at radius 1 is 1.18 bits per heavy atom. The summed E-state index contributed by atoms with van der Waals surface area (Å²) in [6.07, 6.45) is 3.72. The van der Waals surface area contributed by atoms with Gasteiger partial charge in [-0.1, -0.05) is 51.1 Å². The minimum Gasteiger partial charge on any atom is -0.267 e. The van der Waals surface area contributed by atoms with Crippen LogP contribution in [-0.4, -0.2) is 10.2 Å². The van der Waals surface area contributed by atoms with Crippen molar-refractivity contribution < 1.29 is 0 Å². The quantitative estimate of drug-likeness (QED) is 0.922. The van der Waals surface area contributed by atoms with Gasteiger partial charge in [-0.2, -0.15) is 10.4 Å². The zero-order chi connectivity index (χ0) is 16.3. The summed E-state index contributed by atoms with van der Waals surface area (Å²) < 4.78 is 0. The zero-order valence-electron chi connectivity index (χ0n) is 13.3. The van der Waals surface area contributed by atoms with E-state index >= 15 is 0 Å². The van der Waals surface area contributed by atoms with E-state index in [0.717, 1.165) is 5.56 Å². The Morgan fingerprint density at radius 3 is 2.36 bits per heavy atom. The maximum Gasteiger partial charge on any atom is 0.282 e. The van der Waals surface area contributed by atoms with Crippen molar-refractivity contribution in [1.82, 2.24) is 10.2 Å². The third-order valence-electron chi connectivity index (χ3n) is 3.59. The summed E-state index contributed by atoms with van der Waals surface area (Å²) in [5.41, 5.74) is 3.28. The van der Waals surface area contributed by atoms with Gasteiger partial charge < -0.3 is 0 Å². The number of nitriles is 1. The van der Waals surface area contributed by atoms with Crippen molar-refractivity contribution in [3.8, 4) is 6.07 Å². The molecular formula is C18H19N3O. The Balaban J connectivity index is 2.30. The van der Waals surface area contributed by atoms with E-state index in [4.69, 9.17) is 5.26 Å². The van der Waals surface area contributed by atoms with Crippen molar-refractivity contribution in [2.24, 2.45) is 0 Å². The lowest BCUT2D eigenvalue weighted by Crippen LogP contribution is -2.15. The molecule has 1 aromatic heterocycles. The summed E-state index contributed by atoms with van der Waals surface area (Å²) in [7, 11) is 0. The van der Waals surface area contributed by atoms with Gasteiger partial charge in [0.2, 0.25) is 0 Å². The number of hydrogen-bond donors (Lipinski definition) is 1. The Bertz CT molecular complexity index is 800. The first-order valence-electron chi connectivity index (χ1n) is 7.11. The molecule has 0 aliphatic heterocycles. The predicted molar refractivity (Wildman–Crippen MR) is 88.4 cm³/mol. The molecule has 2 rings (SSSR count). The van der Waals surface area contributed by atoms with Crippen LogP contribution in [0.5, 0.6) is 0 Å². The van der Waals surface area contributed by atoms with Crippen LogP contribution in [0.25, 0.3) is 12.2 Å². The number of aromatic amines is 1. The average Bonchev–Trinajstić information content (AvgIpc) is 2.46. The van der Waals surface area contributed by atoms with Crippen molar-refractivity contribution in [2.75, 3.05) is 0 Å². The highest BCUT2D eigenvalue weighted by Crippen LogP contribution is 2.22. The lowest BCUT2D eigenvalue weighted by molar-refractivity contribution is 0.590. The Kier molecular flexibility index (Phi) is 4.27. The highest BCUT2D eigenvalue weighted by Gasteiger charge is 2.12. The second-order valence-corrected chi connectivity index (χ2v) is 6.26. The van der Waals surface area contributed by atoms with Crippen LogP contribution in [0.15, 0.2) is 29.1 Å². The minimum atomic E-state index is -0.452. The first-order valence-corrected chi connectivity index (χ1v) is 7.11. The number of nitrogens with one attached hydrogen (secondary N) is 1. The van der Waals surface area contributed by atoms with Gasteiger partial charge in [0, 0.05) is 0 Å². The normalized spacial score (nSPS) is 11.6. The maximum atomic E-state index is 11.5. The molecule has 0 bridgehead atoms. The van der Waals surface area contributed by atoms with Crippen molar-refractivity contribution in [3.63, 3.8) is 0 Å². The number of H-pyrrole nitrogens is 1. The topological polar surface area (TPSA) is 69.5 Å². The summed E-state index contributed by atoms with van der Waals surface area (Å²) in [4.78, 5) is 11.5. The van der Waals surface area contributed by atoms with Crippen LogP contribution >= 0.6 is 0 Å². The molecule has 1 heterocycles. The Morgan fingerprint density at radius 2 is 1.82 bits per heavy atom. The zero-order valence-corrected chi connectivity index (χ0v) is 13.3. The fourth-order valence-electron chi connectivity index (χ4n) is 2.12. The molecular weight excluding hydrogens is 274 g/mol. The molecule has 0 spiro atoms. The highest BCUT2D eigenvalue weighted by molar-refractivity contribution is 5.70. The molecule has 112 valence electrons. The van der Waals surface area contributed by atoms with Crippen LogP contribution in [0.4, 0.5) is 0 Å². The number of aromatic nitrogens is 2. The molecule has 0 aliphatic carbocycles. The lowest BCUT2D eigenvalue weighted by Gasteiger charge is -2.18. The van der Waals surface area contributed by atoms with E-state index in [-0.39, 0.29) is 11.0 Å². The molecule has 4 heteroatoms. The summed E-state index contributed by atoms with van der Waals surface area (Å²) in [5, 5.41) is 15.3. The van der Waals surface area contributed by atoms with Gasteiger partial charge in [-0.15, -0.1) is 0 Å². The van der Waals surface area contributed by atoms with Gasteiger partial charge in [0.25, 0.3) is 5.56 Å². The third kappa shape index (κ3) is 3.32. The molecule has 1 aromatic carbocycles. The maximum absolute atomic E-state index is 11.5. The highest BCUT2D eigenvalue weighted by atomic mass is 16.1. The van der Waals surface area contributed by atoms with Crippen molar-refractivity contribution in [2.45, 2.75) is 33.1 Å². The molecule has 0 amide bonds. The van der Waals surface area contributed by atoms with E-state index in [1.165, 1.54) is 5.56 Å². The molecule has 0 atom stereocenters. The lowest BCUT2D eigenvalue weighted by atomic mass is 9.87. The summed E-state index contributed by atoms with van der Waals surface area (Å²) in [6, 6.07) is 10.2. The van der Waals surface area contributed by atoms with Crippen LogP contribution in [-0.2, 0) is 5.41 Å². The van der Waals surface area contributed by atoms with E-state index in [9.17, 15) is 4.79 Å². The van der Waals surface area contributed by atoms with Crippen LogP contribution in [0, 0.1) is 18.3 Å². The van der Waals surface area contributed by atoms with Gasteiger partial charge in [0.05, 0.1) is 5.69 Å². The monoisotopic (exact) mass is 293 g/mol. The van der Waals surface area contributed by atoms with E-state index in [2.05, 4.69) is 43.1 Å². The first kappa shape index (κ1) is 15.7. The molecule has 0 aliphatic rings. The van der Waals surface area contributed by atoms with E-state index in [1.807, 2.05) is 24.3 Å². The number of hydrogen-bond acceptors (Lipinski definition) is 3. The second kappa shape index (κ2) is 5.98. The van der Waals surface area contributed by atoms with Crippen LogP contribution in [0.3, 0.4) is 0 Å². The molecule has 0 fully saturated rings. The van der Waals surface area contributed by atoms with Crippen molar-refractivity contribution in [1.29, 1.82) is 5.26 Å². The largest absolute Gasteiger partial charge is 0.282 e. The second-order valence-electron chi connectivity index (χ2n) is 6.26. The van der Waals surface area contributed by atoms with Gasteiger partial charge in [0.1, 0.15) is 11.6 Å². The fourth-order valence-corrected chi connectivity index (χ4v) is 2.12. The fraction of sp³-hybridized carbons (Fsp3) is 0.278. The van der Waals surface area contributed by atoms with Crippen LogP contribution < -0.4 is 5.56 Å². The number of nitrogens with zero attached hydrogens (tertiary/aromatic N) is 2. The number of rotatable bonds is 2. The van der Waals surface area contributed by atoms with Gasteiger partial charge >= 0.3 is 0 Å². The standard InChI is InChI=1S/C18H19N3O/c1-12-15(11-19)17(22)21-20-16(12)10-7-13-5-8-14(9-6-13)18(2,3)4/h5-10H,1-4H3,(H,21,22)/b10-7+. The summed E-state index contributed by atoms with van der Waals surface area (Å²) in [5.74, 6) is 0. The molecule has 4 nitrogen and oxygen atoms in total. The van der Waals surface area contributed by atoms with Gasteiger partial charge in [-0.25, -0.2) is 5.10 Å². The Labute approximate surface area is 130 Å². The molecule has 0 saturated heterocycles. The summed E-state index contributed by atoms with van der Waals surface area (Å²) >= 11 is 0. The smallest absolute Gasteiger partial charge is 0.267 e. The predicted octanol–water partition coefficient (Wildman–Crippen LogP) is 3.42. The van der Waals surface area contributed by atoms with E-state index in [1.54, 1.807) is 13.0 Å². The van der Waals surface area contributed by atoms with Crippen LogP contribution in [0.2, 0.25) is 0 Å². The van der Waals surface area contributed by atoms with Crippen LogP contribution in [0.1, 0.15) is 48.7 Å². The van der Waals surface area contributed by atoms with Gasteiger partial charge in [-0.05, 0) is 35.1 Å². The van der Waals surface area contributed by atoms with Crippen molar-refractivity contribution >= 4 is 12.2 Å². The average molecular weight is 293 g/mol. The van der Waals surface area contributed by atoms with E-state index < -0.39 is 5.56 Å². The number of benzene rings is 1. The van der Waals surface area contributed by atoms with Gasteiger partial charge in [-0.3, -0.25) is 4.79 Å². The molecule has 0 radical (unpaired) electrons. The molecule has 0 unspecified atom stereocenters. The van der Waals surface area contributed by atoms with E-state index in [0.29, 0.717) is 11.3 Å². The first-order chi connectivity index (χ1) is 10.3. The van der Waals surface area contributed by atoms with Crippen molar-refractivity contribution in [3.05, 3.63) is 62.6 Å². The third-order valence-corrected chi connectivity index (χ3v) is 3.59. The SMILES string of the molecule is Cc1c(/C=C/c2ccc(C(C)(C)C)cc2)n[nH]c(=O)c1C#N. The molecule has 0 saturated carbocycles. The molecule has 2 aromatic rings.